The number of esters is 1. The molecule has 0 unspecified atom stereocenters. The summed E-state index contributed by atoms with van der Waals surface area (Å²) in [6.07, 6.45) is 3.87. The highest BCUT2D eigenvalue weighted by Gasteiger charge is 2.35. The first-order valence-electron chi connectivity index (χ1n) is 7.13. The van der Waals surface area contributed by atoms with E-state index < -0.39 is 29.5 Å². The molecule has 0 aliphatic rings. The first-order chi connectivity index (χ1) is 10.2. The Morgan fingerprint density at radius 2 is 1.86 bits per heavy atom. The maximum Gasteiger partial charge on any atom is 0.322 e. The summed E-state index contributed by atoms with van der Waals surface area (Å²) in [6.45, 7) is 5.06. The van der Waals surface area contributed by atoms with Crippen molar-refractivity contribution in [3.8, 4) is 0 Å². The van der Waals surface area contributed by atoms with Crippen LogP contribution in [0.2, 0.25) is 0 Å². The second-order valence-corrected chi connectivity index (χ2v) is 6.06. The normalized spacial score (nSPS) is 14.5. The fourth-order valence-corrected chi connectivity index (χ4v) is 1.89. The van der Waals surface area contributed by atoms with Crippen LogP contribution in [0.1, 0.15) is 32.8 Å². The molecule has 2 atom stereocenters. The summed E-state index contributed by atoms with van der Waals surface area (Å²) in [5.74, 6) is -3.45. The van der Waals surface area contributed by atoms with E-state index in [1.54, 1.807) is 26.8 Å². The number of rotatable bonds is 6. The molecule has 0 spiro atoms. The maximum atomic E-state index is 12.0. The topological polar surface area (TPSA) is 89.6 Å². The molecule has 0 amide bonds. The van der Waals surface area contributed by atoms with Crippen molar-refractivity contribution in [3.63, 3.8) is 0 Å². The Kier molecular flexibility index (Phi) is 6.31. The summed E-state index contributed by atoms with van der Waals surface area (Å²) < 4.78 is 5.12. The highest BCUT2D eigenvalue weighted by Crippen LogP contribution is 2.16. The Labute approximate surface area is 130 Å². The van der Waals surface area contributed by atoms with Crippen LogP contribution in [-0.4, -0.2) is 28.7 Å². The monoisotopic (exact) mass is 305 g/mol. The van der Waals surface area contributed by atoms with Gasteiger partial charge in [0.1, 0.15) is 5.60 Å². The summed E-state index contributed by atoms with van der Waals surface area (Å²) in [6, 6.07) is 8.72. The van der Waals surface area contributed by atoms with Gasteiger partial charge >= 0.3 is 11.9 Å². The van der Waals surface area contributed by atoms with E-state index in [2.05, 4.69) is 0 Å². The van der Waals surface area contributed by atoms with Crippen LogP contribution in [0.25, 0.3) is 6.08 Å². The summed E-state index contributed by atoms with van der Waals surface area (Å²) in [4.78, 5) is 23.3. The van der Waals surface area contributed by atoms with Crippen LogP contribution in [0.4, 0.5) is 0 Å². The lowest BCUT2D eigenvalue weighted by atomic mass is 9.97. The lowest BCUT2D eigenvalue weighted by Crippen LogP contribution is -2.43. The summed E-state index contributed by atoms with van der Waals surface area (Å²) in [5, 5.41) is 9.22. The third-order valence-electron chi connectivity index (χ3n) is 2.87. The van der Waals surface area contributed by atoms with Gasteiger partial charge < -0.3 is 15.6 Å². The summed E-state index contributed by atoms with van der Waals surface area (Å²) in [5.41, 5.74) is 6.11. The van der Waals surface area contributed by atoms with Gasteiger partial charge in [0.25, 0.3) is 0 Å². The minimum atomic E-state index is -1.38. The van der Waals surface area contributed by atoms with E-state index in [1.807, 2.05) is 36.4 Å². The van der Waals surface area contributed by atoms with E-state index in [4.69, 9.17) is 10.5 Å². The van der Waals surface area contributed by atoms with Crippen molar-refractivity contribution in [1.82, 2.24) is 0 Å². The van der Waals surface area contributed by atoms with Gasteiger partial charge in [-0.2, -0.15) is 0 Å². The Balaban J connectivity index is 2.69. The summed E-state index contributed by atoms with van der Waals surface area (Å²) in [7, 11) is 0. The predicted octanol–water partition coefficient (Wildman–Crippen LogP) is 2.46. The minimum absolute atomic E-state index is 0.269. The van der Waals surface area contributed by atoms with Crippen LogP contribution in [0.3, 0.4) is 0 Å². The van der Waals surface area contributed by atoms with Gasteiger partial charge in [-0.15, -0.1) is 0 Å². The number of benzene rings is 1. The highest BCUT2D eigenvalue weighted by molar-refractivity contribution is 5.95. The molecule has 5 nitrogen and oxygen atoms in total. The van der Waals surface area contributed by atoms with Gasteiger partial charge in [0.05, 0.1) is 0 Å². The predicted molar refractivity (Wildman–Crippen MR) is 85.0 cm³/mol. The number of nitrogens with two attached hydrogens (primary N) is 1. The third-order valence-corrected chi connectivity index (χ3v) is 2.87. The standard InChI is InChI=1S/C17H23NO4/c1-17(2,3)22-16(21)14(15(19)20)13(18)11-7-10-12-8-5-4-6-9-12/h4-10,13-14H,11,18H2,1-3H3,(H,19,20)/b10-7-/t13-,14-/m1/s1. The van der Waals surface area contributed by atoms with E-state index in [0.717, 1.165) is 5.56 Å². The maximum absolute atomic E-state index is 12.0. The van der Waals surface area contributed by atoms with Crippen LogP contribution in [-0.2, 0) is 14.3 Å². The van der Waals surface area contributed by atoms with E-state index >= 15 is 0 Å². The molecule has 1 rings (SSSR count). The number of carboxylic acid groups (broad SMARTS) is 1. The van der Waals surface area contributed by atoms with Crippen LogP contribution in [0.15, 0.2) is 36.4 Å². The molecule has 120 valence electrons. The van der Waals surface area contributed by atoms with Gasteiger partial charge in [-0.05, 0) is 32.8 Å². The van der Waals surface area contributed by atoms with E-state index in [9.17, 15) is 14.7 Å². The van der Waals surface area contributed by atoms with E-state index in [0.29, 0.717) is 0 Å². The van der Waals surface area contributed by atoms with Gasteiger partial charge in [0, 0.05) is 6.04 Å². The largest absolute Gasteiger partial charge is 0.481 e. The molecule has 0 fully saturated rings. The van der Waals surface area contributed by atoms with Crippen molar-refractivity contribution >= 4 is 18.0 Å². The van der Waals surface area contributed by atoms with Gasteiger partial charge in [0.15, 0.2) is 5.92 Å². The number of hydrogen-bond donors (Lipinski definition) is 2. The molecule has 22 heavy (non-hydrogen) atoms. The third kappa shape index (κ3) is 6.10. The van der Waals surface area contributed by atoms with Crippen molar-refractivity contribution in [3.05, 3.63) is 42.0 Å². The molecule has 0 aliphatic heterocycles. The molecule has 0 saturated carbocycles. The number of carboxylic acids is 1. The van der Waals surface area contributed by atoms with E-state index in [1.165, 1.54) is 0 Å². The zero-order chi connectivity index (χ0) is 16.8. The van der Waals surface area contributed by atoms with Crippen molar-refractivity contribution in [2.75, 3.05) is 0 Å². The Bertz CT molecular complexity index is 531. The van der Waals surface area contributed by atoms with Gasteiger partial charge in [0.2, 0.25) is 0 Å². The molecule has 1 aromatic rings. The smallest absolute Gasteiger partial charge is 0.322 e. The Morgan fingerprint density at radius 3 is 2.36 bits per heavy atom. The number of carbonyl (C=O) groups excluding carboxylic acids is 1. The SMILES string of the molecule is CC(C)(C)OC(=O)[C@@H](C(=O)O)[C@H](N)C/C=C\c1ccccc1. The van der Waals surface area contributed by atoms with Crippen molar-refractivity contribution in [2.45, 2.75) is 38.8 Å². The molecule has 0 heterocycles. The lowest BCUT2D eigenvalue weighted by molar-refractivity contribution is -0.167. The summed E-state index contributed by atoms with van der Waals surface area (Å²) >= 11 is 0. The average molecular weight is 305 g/mol. The van der Waals surface area contributed by atoms with Crippen LogP contribution >= 0.6 is 0 Å². The van der Waals surface area contributed by atoms with Gasteiger partial charge in [-0.3, -0.25) is 9.59 Å². The average Bonchev–Trinajstić information content (AvgIpc) is 2.37. The zero-order valence-electron chi connectivity index (χ0n) is 13.2. The van der Waals surface area contributed by atoms with Crippen LogP contribution < -0.4 is 5.73 Å². The second kappa shape index (κ2) is 7.75. The van der Waals surface area contributed by atoms with Crippen molar-refractivity contribution in [1.29, 1.82) is 0 Å². The van der Waals surface area contributed by atoms with E-state index in [-0.39, 0.29) is 6.42 Å². The number of carbonyl (C=O) groups is 2. The minimum Gasteiger partial charge on any atom is -0.481 e. The molecule has 5 heteroatoms. The fraction of sp³-hybridized carbons (Fsp3) is 0.412. The number of hydrogen-bond acceptors (Lipinski definition) is 4. The first-order valence-corrected chi connectivity index (χ1v) is 7.13. The van der Waals surface area contributed by atoms with Crippen LogP contribution in [0.5, 0.6) is 0 Å². The van der Waals surface area contributed by atoms with Gasteiger partial charge in [-0.25, -0.2) is 0 Å². The number of aliphatic carboxylic acids is 1. The quantitative estimate of drug-likeness (QED) is 0.622. The molecule has 0 aliphatic carbocycles. The van der Waals surface area contributed by atoms with Crippen molar-refractivity contribution < 1.29 is 19.4 Å². The zero-order valence-corrected chi connectivity index (χ0v) is 13.2. The molecular formula is C17H23NO4. The molecule has 0 radical (unpaired) electrons. The lowest BCUT2D eigenvalue weighted by Gasteiger charge is -2.24. The van der Waals surface area contributed by atoms with Crippen LogP contribution in [0, 0.1) is 5.92 Å². The molecule has 0 saturated heterocycles. The highest BCUT2D eigenvalue weighted by atomic mass is 16.6. The molecular weight excluding hydrogens is 282 g/mol. The molecule has 0 aromatic heterocycles. The van der Waals surface area contributed by atoms with Crippen molar-refractivity contribution in [2.24, 2.45) is 11.7 Å². The Morgan fingerprint density at radius 1 is 1.27 bits per heavy atom. The van der Waals surface area contributed by atoms with Gasteiger partial charge in [-0.1, -0.05) is 42.5 Å². The number of ether oxygens (including phenoxy) is 1. The first kappa shape index (κ1) is 17.9. The second-order valence-electron chi connectivity index (χ2n) is 6.06. The fourth-order valence-electron chi connectivity index (χ4n) is 1.89. The molecule has 1 aromatic carbocycles. The molecule has 3 N–H and O–H groups in total. The Hall–Kier alpha value is -2.14. The molecule has 0 bridgehead atoms.